The minimum atomic E-state index is -0.756. The predicted octanol–water partition coefficient (Wildman–Crippen LogP) is 0.794. The van der Waals surface area contributed by atoms with Gasteiger partial charge in [0.1, 0.15) is 5.54 Å². The first-order valence-electron chi connectivity index (χ1n) is 6.06. The zero-order valence-electron chi connectivity index (χ0n) is 10.9. The zero-order valence-corrected chi connectivity index (χ0v) is 10.9. The maximum atomic E-state index is 11.4. The summed E-state index contributed by atoms with van der Waals surface area (Å²) >= 11 is 0. The molecule has 1 aliphatic heterocycles. The number of carbonyl (C=O) groups excluding carboxylic acids is 1. The van der Waals surface area contributed by atoms with Crippen LogP contribution in [0.15, 0.2) is 0 Å². The molecule has 1 amide bonds. The van der Waals surface area contributed by atoms with Crippen molar-refractivity contribution < 1.29 is 14.7 Å². The van der Waals surface area contributed by atoms with Crippen molar-refractivity contribution in [1.82, 2.24) is 9.80 Å². The van der Waals surface area contributed by atoms with E-state index in [0.717, 1.165) is 19.4 Å². The van der Waals surface area contributed by atoms with Gasteiger partial charge >= 0.3 is 5.97 Å². The average Bonchev–Trinajstić information content (AvgIpc) is 2.61. The van der Waals surface area contributed by atoms with Gasteiger partial charge in [0.05, 0.1) is 0 Å². The van der Waals surface area contributed by atoms with Crippen LogP contribution in [0.25, 0.3) is 0 Å². The third kappa shape index (κ3) is 3.19. The molecule has 17 heavy (non-hydrogen) atoms. The largest absolute Gasteiger partial charge is 0.480 e. The summed E-state index contributed by atoms with van der Waals surface area (Å²) in [7, 11) is 3.47. The minimum absolute atomic E-state index is 0.0984. The molecular weight excluding hydrogens is 220 g/mol. The van der Waals surface area contributed by atoms with Crippen LogP contribution in [0.1, 0.15) is 32.6 Å². The van der Waals surface area contributed by atoms with E-state index in [2.05, 4.69) is 0 Å². The summed E-state index contributed by atoms with van der Waals surface area (Å²) in [6.45, 7) is 3.28. The summed E-state index contributed by atoms with van der Waals surface area (Å²) in [5.41, 5.74) is -0.735. The molecule has 1 atom stereocenters. The van der Waals surface area contributed by atoms with Crippen molar-refractivity contribution in [3.05, 3.63) is 0 Å². The molecule has 0 radical (unpaired) electrons. The van der Waals surface area contributed by atoms with E-state index in [0.29, 0.717) is 19.4 Å². The zero-order chi connectivity index (χ0) is 13.1. The predicted molar refractivity (Wildman–Crippen MR) is 64.8 cm³/mol. The topological polar surface area (TPSA) is 60.9 Å². The van der Waals surface area contributed by atoms with Gasteiger partial charge < -0.3 is 10.0 Å². The van der Waals surface area contributed by atoms with Crippen molar-refractivity contribution >= 4 is 11.9 Å². The third-order valence-electron chi connectivity index (χ3n) is 3.57. The molecule has 5 nitrogen and oxygen atoms in total. The lowest BCUT2D eigenvalue weighted by atomic mass is 9.99. The molecule has 1 N–H and O–H groups in total. The number of hydrogen-bond donors (Lipinski definition) is 1. The maximum absolute atomic E-state index is 11.4. The summed E-state index contributed by atoms with van der Waals surface area (Å²) in [5.74, 6) is -0.657. The fraction of sp³-hybridized carbons (Fsp3) is 0.833. The van der Waals surface area contributed by atoms with Crippen LogP contribution in [0.3, 0.4) is 0 Å². The summed E-state index contributed by atoms with van der Waals surface area (Å²) in [4.78, 5) is 26.2. The van der Waals surface area contributed by atoms with Crippen LogP contribution in [0, 0.1) is 0 Å². The number of nitrogens with zero attached hydrogens (tertiary/aromatic N) is 2. The Labute approximate surface area is 102 Å². The molecule has 1 saturated heterocycles. The number of carbonyl (C=O) groups is 2. The molecule has 0 aromatic rings. The van der Waals surface area contributed by atoms with E-state index in [4.69, 9.17) is 0 Å². The maximum Gasteiger partial charge on any atom is 0.323 e. The van der Waals surface area contributed by atoms with Crippen LogP contribution in [0.5, 0.6) is 0 Å². The third-order valence-corrected chi connectivity index (χ3v) is 3.57. The van der Waals surface area contributed by atoms with E-state index in [-0.39, 0.29) is 5.91 Å². The van der Waals surface area contributed by atoms with Crippen LogP contribution in [-0.2, 0) is 9.59 Å². The van der Waals surface area contributed by atoms with Crippen molar-refractivity contribution in [2.24, 2.45) is 0 Å². The Hall–Kier alpha value is -1.10. The van der Waals surface area contributed by atoms with Gasteiger partial charge in [-0.15, -0.1) is 0 Å². The summed E-state index contributed by atoms with van der Waals surface area (Å²) in [6.07, 6.45) is 2.83. The smallest absolute Gasteiger partial charge is 0.323 e. The van der Waals surface area contributed by atoms with E-state index in [1.165, 1.54) is 0 Å². The molecule has 0 spiro atoms. The van der Waals surface area contributed by atoms with Gasteiger partial charge in [-0.1, -0.05) is 0 Å². The lowest BCUT2D eigenvalue weighted by molar-refractivity contribution is -0.148. The second-order valence-electron chi connectivity index (χ2n) is 5.06. The minimum Gasteiger partial charge on any atom is -0.480 e. The molecule has 1 aliphatic rings. The van der Waals surface area contributed by atoms with Crippen LogP contribution >= 0.6 is 0 Å². The van der Waals surface area contributed by atoms with Crippen molar-refractivity contribution in [2.45, 2.75) is 38.1 Å². The van der Waals surface area contributed by atoms with E-state index in [1.54, 1.807) is 25.9 Å². The first kappa shape index (κ1) is 14.0. The van der Waals surface area contributed by atoms with Crippen LogP contribution in [0.2, 0.25) is 0 Å². The first-order chi connectivity index (χ1) is 7.88. The van der Waals surface area contributed by atoms with E-state index < -0.39 is 11.5 Å². The number of aliphatic carboxylic acids is 1. The number of hydrogen-bond acceptors (Lipinski definition) is 3. The fourth-order valence-electron chi connectivity index (χ4n) is 2.26. The van der Waals surface area contributed by atoms with Crippen molar-refractivity contribution in [1.29, 1.82) is 0 Å². The van der Waals surface area contributed by atoms with E-state index in [1.807, 2.05) is 4.90 Å². The molecule has 0 aromatic heterocycles. The Kier molecular flexibility index (Phi) is 4.51. The van der Waals surface area contributed by atoms with Gasteiger partial charge in [-0.2, -0.15) is 0 Å². The normalized spacial score (nSPS) is 24.9. The summed E-state index contributed by atoms with van der Waals surface area (Å²) in [5, 5.41) is 9.22. The SMILES string of the molecule is CN(C)C(=O)CCCN1CCCC1(C)C(=O)O. The highest BCUT2D eigenvalue weighted by Crippen LogP contribution is 2.29. The van der Waals surface area contributed by atoms with Gasteiger partial charge in [-0.3, -0.25) is 14.5 Å². The molecule has 1 unspecified atom stereocenters. The highest BCUT2D eigenvalue weighted by molar-refractivity contribution is 5.78. The monoisotopic (exact) mass is 242 g/mol. The second kappa shape index (κ2) is 5.49. The second-order valence-corrected chi connectivity index (χ2v) is 5.06. The van der Waals surface area contributed by atoms with Crippen LogP contribution < -0.4 is 0 Å². The highest BCUT2D eigenvalue weighted by Gasteiger charge is 2.42. The molecule has 1 heterocycles. The van der Waals surface area contributed by atoms with Crippen LogP contribution in [-0.4, -0.2) is 59.5 Å². The van der Waals surface area contributed by atoms with Crippen molar-refractivity contribution in [3.63, 3.8) is 0 Å². The Balaban J connectivity index is 2.42. The molecule has 0 aromatic carbocycles. The van der Waals surface area contributed by atoms with Gasteiger partial charge in [0, 0.05) is 20.5 Å². The van der Waals surface area contributed by atoms with Crippen molar-refractivity contribution in [3.8, 4) is 0 Å². The van der Waals surface area contributed by atoms with E-state index >= 15 is 0 Å². The van der Waals surface area contributed by atoms with Gasteiger partial charge in [0.15, 0.2) is 0 Å². The standard InChI is InChI=1S/C12H22N2O3/c1-12(11(16)17)7-5-9-14(12)8-4-6-10(15)13(2)3/h4-9H2,1-3H3,(H,16,17). The van der Waals surface area contributed by atoms with E-state index in [9.17, 15) is 14.7 Å². The van der Waals surface area contributed by atoms with Crippen LogP contribution in [0.4, 0.5) is 0 Å². The lowest BCUT2D eigenvalue weighted by Crippen LogP contribution is -2.48. The Morgan fingerprint density at radius 1 is 1.41 bits per heavy atom. The molecule has 0 saturated carbocycles. The molecule has 0 bridgehead atoms. The van der Waals surface area contributed by atoms with Gasteiger partial charge in [-0.25, -0.2) is 0 Å². The summed E-state index contributed by atoms with van der Waals surface area (Å²) < 4.78 is 0. The lowest BCUT2D eigenvalue weighted by Gasteiger charge is -2.31. The highest BCUT2D eigenvalue weighted by atomic mass is 16.4. The Morgan fingerprint density at radius 3 is 2.59 bits per heavy atom. The number of amides is 1. The molecule has 1 fully saturated rings. The number of likely N-dealkylation sites (tertiary alicyclic amines) is 1. The summed E-state index contributed by atoms with van der Waals surface area (Å²) in [6, 6.07) is 0. The fourth-order valence-corrected chi connectivity index (χ4v) is 2.26. The number of carboxylic acid groups (broad SMARTS) is 1. The molecule has 1 rings (SSSR count). The van der Waals surface area contributed by atoms with Gasteiger partial charge in [0.25, 0.3) is 0 Å². The number of carboxylic acids is 1. The number of rotatable bonds is 5. The Bertz CT molecular complexity index is 304. The Morgan fingerprint density at radius 2 is 2.06 bits per heavy atom. The molecule has 5 heteroatoms. The van der Waals surface area contributed by atoms with Gasteiger partial charge in [0.2, 0.25) is 5.91 Å². The quantitative estimate of drug-likeness (QED) is 0.774. The van der Waals surface area contributed by atoms with Gasteiger partial charge in [-0.05, 0) is 39.3 Å². The first-order valence-corrected chi connectivity index (χ1v) is 6.06. The van der Waals surface area contributed by atoms with Crippen molar-refractivity contribution in [2.75, 3.05) is 27.2 Å². The molecule has 98 valence electrons. The average molecular weight is 242 g/mol. The molecular formula is C12H22N2O3. The molecule has 0 aliphatic carbocycles.